The number of benzene rings is 5. The number of fused-ring (bicyclic) bond motifs is 4. The average Bonchev–Trinajstić information content (AvgIpc) is 3.58. The van der Waals surface area contributed by atoms with Crippen molar-refractivity contribution >= 4 is 0 Å². The first-order chi connectivity index (χ1) is 26.7. The fourth-order valence-corrected chi connectivity index (χ4v) is 12.6. The number of hydrogen-bond donors (Lipinski definition) is 0. The Kier molecular flexibility index (Phi) is 8.81. The van der Waals surface area contributed by atoms with Crippen molar-refractivity contribution < 1.29 is 9.47 Å². The predicted molar refractivity (Wildman–Crippen MR) is 221 cm³/mol. The monoisotopic (exact) mass is 708 g/mol. The summed E-state index contributed by atoms with van der Waals surface area (Å²) in [6, 6.07) is 48.1. The molecule has 2 heteroatoms. The van der Waals surface area contributed by atoms with Crippen LogP contribution in [0.4, 0.5) is 0 Å². The summed E-state index contributed by atoms with van der Waals surface area (Å²) in [7, 11) is 3.57. The van der Waals surface area contributed by atoms with Crippen LogP contribution < -0.4 is 9.47 Å². The summed E-state index contributed by atoms with van der Waals surface area (Å²) in [5.41, 5.74) is 13.1. The zero-order chi connectivity index (χ0) is 36.2. The van der Waals surface area contributed by atoms with Gasteiger partial charge in [0.15, 0.2) is 0 Å². The van der Waals surface area contributed by atoms with Crippen LogP contribution in [-0.2, 0) is 0 Å². The maximum Gasteiger partial charge on any atom is 0.118 e. The Morgan fingerprint density at radius 3 is 1.41 bits per heavy atom. The van der Waals surface area contributed by atoms with Gasteiger partial charge in [-0.15, -0.1) is 0 Å². The van der Waals surface area contributed by atoms with Crippen LogP contribution in [0.3, 0.4) is 0 Å². The molecule has 2 nitrogen and oxygen atoms in total. The summed E-state index contributed by atoms with van der Waals surface area (Å²) in [5.74, 6) is 7.50. The van der Waals surface area contributed by atoms with Gasteiger partial charge < -0.3 is 9.47 Å². The van der Waals surface area contributed by atoms with Gasteiger partial charge in [0, 0.05) is 11.8 Å². The van der Waals surface area contributed by atoms with E-state index in [4.69, 9.17) is 9.47 Å². The lowest BCUT2D eigenvalue weighted by Crippen LogP contribution is -2.38. The second-order valence-corrected chi connectivity index (χ2v) is 16.8. The van der Waals surface area contributed by atoms with E-state index in [-0.39, 0.29) is 0 Å². The van der Waals surface area contributed by atoms with Crippen LogP contribution in [0.5, 0.6) is 11.5 Å². The molecule has 5 aromatic rings. The third kappa shape index (κ3) is 5.67. The van der Waals surface area contributed by atoms with Crippen molar-refractivity contribution in [3.05, 3.63) is 167 Å². The Bertz CT molecular complexity index is 2020. The molecule has 0 radical (unpaired) electrons. The van der Waals surface area contributed by atoms with Crippen LogP contribution in [0.1, 0.15) is 79.4 Å². The van der Waals surface area contributed by atoms with Gasteiger partial charge in [-0.25, -0.2) is 0 Å². The van der Waals surface area contributed by atoms with Gasteiger partial charge in [-0.3, -0.25) is 0 Å². The number of methoxy groups -OCH3 is 2. The smallest absolute Gasteiger partial charge is 0.118 e. The molecule has 0 N–H and O–H groups in total. The molecule has 5 aliphatic carbocycles. The van der Waals surface area contributed by atoms with Gasteiger partial charge in [-0.2, -0.15) is 0 Å². The largest absolute Gasteiger partial charge is 0.497 e. The molecule has 4 fully saturated rings. The van der Waals surface area contributed by atoms with Gasteiger partial charge in [-0.05, 0) is 160 Å². The van der Waals surface area contributed by atoms with Gasteiger partial charge in [-0.1, -0.05) is 116 Å². The molecule has 5 aliphatic rings. The van der Waals surface area contributed by atoms with Crippen LogP contribution in [0, 0.1) is 35.5 Å². The van der Waals surface area contributed by atoms with Crippen LogP contribution in [0.15, 0.2) is 151 Å². The van der Waals surface area contributed by atoms with E-state index in [0.717, 1.165) is 42.1 Å². The number of allylic oxidation sites excluding steroid dienone is 4. The van der Waals surface area contributed by atoms with E-state index in [9.17, 15) is 0 Å². The molecule has 0 spiro atoms. The van der Waals surface area contributed by atoms with Crippen molar-refractivity contribution in [2.45, 2.75) is 62.7 Å². The van der Waals surface area contributed by atoms with Crippen molar-refractivity contribution in [1.29, 1.82) is 0 Å². The molecular formula is C52H52O2. The van der Waals surface area contributed by atoms with Crippen LogP contribution in [0.25, 0.3) is 22.3 Å². The van der Waals surface area contributed by atoms with Crippen molar-refractivity contribution in [2.24, 2.45) is 35.5 Å². The standard InChI is InChI=1S/C52H52O2/c1-53-40-24-20-35(21-25-40)48-44-16-9-10-17-45(44)49(36-22-26-41(54-2)27-23-36)52-47-29-28-42(43-18-11-19-46(50(43)47)51(48)52)39-31-37(33-12-5-3-6-13-33)30-38(32-39)34-14-7-4-8-15-34/h3-8,12-17,20-27,30-32,42-43,46-52H,9-11,18-19,28-29H2,1-2H3. The molecule has 9 unspecified atom stereocenters. The Morgan fingerprint density at radius 1 is 0.426 bits per heavy atom. The molecule has 9 atom stereocenters. The van der Waals surface area contributed by atoms with Crippen molar-refractivity contribution in [2.75, 3.05) is 14.2 Å². The second kappa shape index (κ2) is 14.1. The quantitative estimate of drug-likeness (QED) is 0.168. The highest BCUT2D eigenvalue weighted by Crippen LogP contribution is 2.71. The Labute approximate surface area is 322 Å². The summed E-state index contributed by atoms with van der Waals surface area (Å²) in [6.07, 6.45) is 14.2. The lowest BCUT2D eigenvalue weighted by molar-refractivity contribution is 0.0615. The molecule has 10 rings (SSSR count). The predicted octanol–water partition coefficient (Wildman–Crippen LogP) is 13.0. The number of ether oxygens (including phenoxy) is 2. The van der Waals surface area contributed by atoms with E-state index in [0.29, 0.717) is 35.5 Å². The van der Waals surface area contributed by atoms with Crippen molar-refractivity contribution in [1.82, 2.24) is 0 Å². The highest BCUT2D eigenvalue weighted by molar-refractivity contribution is 5.74. The van der Waals surface area contributed by atoms with Crippen LogP contribution >= 0.6 is 0 Å². The SMILES string of the molecule is COc1ccc(C2C3=CCCC=C3C(c3ccc(OC)cc3)C3C4CCC(c5cc(-c6ccccc6)cc(-c6ccccc6)c5)C5CCCC(C54)C23)cc1. The lowest BCUT2D eigenvalue weighted by atomic mass is 9.55. The normalized spacial score (nSPS) is 29.6. The van der Waals surface area contributed by atoms with Gasteiger partial charge in [0.25, 0.3) is 0 Å². The van der Waals surface area contributed by atoms with Gasteiger partial charge >= 0.3 is 0 Å². The van der Waals surface area contributed by atoms with Gasteiger partial charge in [0.1, 0.15) is 11.5 Å². The minimum atomic E-state index is 0.431. The van der Waals surface area contributed by atoms with Crippen LogP contribution in [0.2, 0.25) is 0 Å². The first-order valence-electron chi connectivity index (χ1n) is 20.6. The van der Waals surface area contributed by atoms with E-state index in [1.807, 2.05) is 0 Å². The third-order valence-corrected chi connectivity index (χ3v) is 14.5. The van der Waals surface area contributed by atoms with E-state index < -0.39 is 0 Å². The van der Waals surface area contributed by atoms with E-state index >= 15 is 0 Å². The maximum atomic E-state index is 5.68. The summed E-state index contributed by atoms with van der Waals surface area (Å²) in [6.45, 7) is 0. The Hall–Kier alpha value is -4.82. The van der Waals surface area contributed by atoms with Crippen molar-refractivity contribution in [3.8, 4) is 33.8 Å². The van der Waals surface area contributed by atoms with Gasteiger partial charge in [0.2, 0.25) is 0 Å². The molecule has 54 heavy (non-hydrogen) atoms. The summed E-state index contributed by atoms with van der Waals surface area (Å²) >= 11 is 0. The van der Waals surface area contributed by atoms with Crippen LogP contribution in [-0.4, -0.2) is 14.2 Å². The molecule has 0 heterocycles. The summed E-state index contributed by atoms with van der Waals surface area (Å²) in [4.78, 5) is 0. The molecule has 5 aromatic carbocycles. The van der Waals surface area contributed by atoms with Gasteiger partial charge in [0.05, 0.1) is 14.2 Å². The molecule has 4 saturated carbocycles. The number of rotatable bonds is 7. The highest BCUT2D eigenvalue weighted by atomic mass is 16.5. The third-order valence-electron chi connectivity index (χ3n) is 14.5. The zero-order valence-electron chi connectivity index (χ0n) is 31.7. The molecule has 272 valence electrons. The number of hydrogen-bond acceptors (Lipinski definition) is 2. The first-order valence-corrected chi connectivity index (χ1v) is 20.6. The minimum Gasteiger partial charge on any atom is -0.497 e. The fourth-order valence-electron chi connectivity index (χ4n) is 12.6. The minimum absolute atomic E-state index is 0.431. The maximum absolute atomic E-state index is 5.68. The lowest BCUT2D eigenvalue weighted by Gasteiger charge is -2.48. The van der Waals surface area contributed by atoms with E-state index in [2.05, 4.69) is 140 Å². The summed E-state index contributed by atoms with van der Waals surface area (Å²) in [5, 5.41) is 0. The zero-order valence-corrected chi connectivity index (χ0v) is 31.7. The molecular weight excluding hydrogens is 657 g/mol. The molecule has 0 aliphatic heterocycles. The summed E-state index contributed by atoms with van der Waals surface area (Å²) < 4.78 is 11.4. The fraction of sp³-hybridized carbons (Fsp3) is 0.346. The van der Waals surface area contributed by atoms with E-state index in [1.54, 1.807) is 30.9 Å². The molecule has 0 bridgehead atoms. The van der Waals surface area contributed by atoms with E-state index in [1.165, 1.54) is 65.5 Å². The highest BCUT2D eigenvalue weighted by Gasteiger charge is 2.63. The second-order valence-electron chi connectivity index (χ2n) is 16.8. The Balaban J connectivity index is 1.10. The first kappa shape index (κ1) is 33.7. The topological polar surface area (TPSA) is 18.5 Å². The average molecular weight is 709 g/mol. The molecule has 0 saturated heterocycles. The molecule has 0 aromatic heterocycles. The molecule has 0 amide bonds. The van der Waals surface area contributed by atoms with Crippen molar-refractivity contribution in [3.63, 3.8) is 0 Å². The Morgan fingerprint density at radius 2 is 0.907 bits per heavy atom.